The van der Waals surface area contributed by atoms with Crippen LogP contribution in [0.5, 0.6) is 0 Å². The van der Waals surface area contributed by atoms with Gasteiger partial charge in [-0.2, -0.15) is 13.2 Å². The fourth-order valence-electron chi connectivity index (χ4n) is 2.32. The summed E-state index contributed by atoms with van der Waals surface area (Å²) in [5.74, 6) is -1.90. The number of benzene rings is 1. The second kappa shape index (κ2) is 9.67. The van der Waals surface area contributed by atoms with E-state index in [-0.39, 0.29) is 17.8 Å². The average Bonchev–Trinajstić information content (AvgIpc) is 2.53. The van der Waals surface area contributed by atoms with E-state index in [9.17, 15) is 22.8 Å². The summed E-state index contributed by atoms with van der Waals surface area (Å²) < 4.78 is 38.4. The lowest BCUT2D eigenvalue weighted by molar-refractivity contribution is -0.170. The standard InChI is InChI=1S/C17H21ClF3NO2/c1-2-3-4-5-6-7-12-22(16(24)17(19,20)21)14-10-8-13(9-11-14)15(18)23/h8-11H,2-7,12H2,1H3. The van der Waals surface area contributed by atoms with Crippen LogP contribution in [-0.2, 0) is 4.79 Å². The van der Waals surface area contributed by atoms with E-state index >= 15 is 0 Å². The predicted octanol–water partition coefficient (Wildman–Crippen LogP) is 5.32. The maximum atomic E-state index is 12.8. The Morgan fingerprint density at radius 1 is 1.00 bits per heavy atom. The van der Waals surface area contributed by atoms with Crippen molar-refractivity contribution in [3.63, 3.8) is 0 Å². The Morgan fingerprint density at radius 2 is 1.54 bits per heavy atom. The van der Waals surface area contributed by atoms with Gasteiger partial charge in [-0.1, -0.05) is 39.0 Å². The van der Waals surface area contributed by atoms with E-state index in [0.717, 1.165) is 32.1 Å². The largest absolute Gasteiger partial charge is 0.471 e. The Balaban J connectivity index is 2.78. The van der Waals surface area contributed by atoms with E-state index in [1.165, 1.54) is 24.3 Å². The molecule has 0 spiro atoms. The minimum Gasteiger partial charge on any atom is -0.305 e. The SMILES string of the molecule is CCCCCCCCN(C(=O)C(F)(F)F)c1ccc(C(=O)Cl)cc1. The minimum absolute atomic E-state index is 0.0152. The van der Waals surface area contributed by atoms with E-state index in [2.05, 4.69) is 6.92 Å². The maximum Gasteiger partial charge on any atom is 0.471 e. The number of nitrogens with zero attached hydrogens (tertiary/aromatic N) is 1. The first-order valence-electron chi connectivity index (χ1n) is 7.96. The highest BCUT2D eigenvalue weighted by atomic mass is 35.5. The van der Waals surface area contributed by atoms with Crippen LogP contribution in [0.1, 0.15) is 55.8 Å². The average molecular weight is 364 g/mol. The highest BCUT2D eigenvalue weighted by molar-refractivity contribution is 6.67. The minimum atomic E-state index is -4.94. The fourth-order valence-corrected chi connectivity index (χ4v) is 2.45. The number of amides is 1. The molecule has 0 aliphatic carbocycles. The summed E-state index contributed by atoms with van der Waals surface area (Å²) in [7, 11) is 0. The van der Waals surface area contributed by atoms with Gasteiger partial charge in [-0.25, -0.2) is 0 Å². The molecule has 1 rings (SSSR count). The molecule has 134 valence electrons. The Labute approximate surface area is 144 Å². The van der Waals surface area contributed by atoms with Crippen LogP contribution in [-0.4, -0.2) is 23.9 Å². The number of halogens is 4. The molecule has 0 unspecified atom stereocenters. The van der Waals surface area contributed by atoms with Gasteiger partial charge in [-0.15, -0.1) is 0 Å². The van der Waals surface area contributed by atoms with Gasteiger partial charge in [0.2, 0.25) is 0 Å². The van der Waals surface area contributed by atoms with Crippen LogP contribution in [0.25, 0.3) is 0 Å². The lowest BCUT2D eigenvalue weighted by Crippen LogP contribution is -2.41. The van der Waals surface area contributed by atoms with Crippen molar-refractivity contribution < 1.29 is 22.8 Å². The normalized spacial score (nSPS) is 11.4. The number of carbonyl (C=O) groups is 2. The van der Waals surface area contributed by atoms with Gasteiger partial charge < -0.3 is 4.90 Å². The van der Waals surface area contributed by atoms with Crippen LogP contribution in [0.4, 0.5) is 18.9 Å². The molecule has 0 saturated carbocycles. The summed E-state index contributed by atoms with van der Waals surface area (Å²) in [6, 6.07) is 5.22. The van der Waals surface area contributed by atoms with Gasteiger partial charge in [0.25, 0.3) is 5.24 Å². The van der Waals surface area contributed by atoms with Crippen molar-refractivity contribution in [1.29, 1.82) is 0 Å². The van der Waals surface area contributed by atoms with E-state index < -0.39 is 17.3 Å². The molecule has 0 bridgehead atoms. The van der Waals surface area contributed by atoms with Crippen molar-refractivity contribution in [2.75, 3.05) is 11.4 Å². The molecule has 0 atom stereocenters. The highest BCUT2D eigenvalue weighted by Crippen LogP contribution is 2.25. The quantitative estimate of drug-likeness (QED) is 0.439. The molecule has 0 saturated heterocycles. The molecule has 1 aromatic carbocycles. The predicted molar refractivity (Wildman–Crippen MR) is 88.4 cm³/mol. The summed E-state index contributed by atoms with van der Waals surface area (Å²) in [5.41, 5.74) is 0.270. The van der Waals surface area contributed by atoms with Gasteiger partial charge in [0.15, 0.2) is 0 Å². The Kier molecular flexibility index (Phi) is 8.25. The first-order valence-corrected chi connectivity index (χ1v) is 8.33. The zero-order chi connectivity index (χ0) is 18.2. The molecule has 0 aliphatic rings. The van der Waals surface area contributed by atoms with Crippen LogP contribution >= 0.6 is 11.6 Å². The van der Waals surface area contributed by atoms with Crippen LogP contribution in [0.15, 0.2) is 24.3 Å². The molecule has 0 aromatic heterocycles. The molecule has 0 N–H and O–H groups in total. The molecule has 3 nitrogen and oxygen atoms in total. The Morgan fingerprint density at radius 3 is 2.04 bits per heavy atom. The zero-order valence-electron chi connectivity index (χ0n) is 13.5. The highest BCUT2D eigenvalue weighted by Gasteiger charge is 2.42. The van der Waals surface area contributed by atoms with Crippen molar-refractivity contribution in [2.45, 2.75) is 51.6 Å². The third-order valence-electron chi connectivity index (χ3n) is 3.63. The Hall–Kier alpha value is -1.56. The lowest BCUT2D eigenvalue weighted by atomic mass is 10.1. The fraction of sp³-hybridized carbons (Fsp3) is 0.529. The molecule has 7 heteroatoms. The molecule has 0 aliphatic heterocycles. The van der Waals surface area contributed by atoms with E-state index in [1.807, 2.05) is 0 Å². The molecule has 0 fully saturated rings. The second-order valence-corrected chi connectivity index (χ2v) is 5.89. The summed E-state index contributed by atoms with van der Waals surface area (Å²) in [6.07, 6.45) is 0.464. The number of unbranched alkanes of at least 4 members (excludes halogenated alkanes) is 5. The summed E-state index contributed by atoms with van der Waals surface area (Å²) in [5, 5.41) is -0.703. The van der Waals surface area contributed by atoms with Gasteiger partial charge in [0.1, 0.15) is 0 Å². The van der Waals surface area contributed by atoms with Crippen molar-refractivity contribution >= 4 is 28.4 Å². The van der Waals surface area contributed by atoms with Gasteiger partial charge in [-0.05, 0) is 42.3 Å². The second-order valence-electron chi connectivity index (χ2n) is 5.54. The molecule has 1 amide bonds. The zero-order valence-corrected chi connectivity index (χ0v) is 14.3. The topological polar surface area (TPSA) is 37.4 Å². The maximum absolute atomic E-state index is 12.8. The van der Waals surface area contributed by atoms with Crippen molar-refractivity contribution in [1.82, 2.24) is 0 Å². The van der Waals surface area contributed by atoms with Crippen LogP contribution in [0.3, 0.4) is 0 Å². The summed E-state index contributed by atoms with van der Waals surface area (Å²) in [6.45, 7) is 2.07. The third kappa shape index (κ3) is 6.51. The monoisotopic (exact) mass is 363 g/mol. The first-order chi connectivity index (χ1) is 11.3. The van der Waals surface area contributed by atoms with Gasteiger partial charge in [0, 0.05) is 17.8 Å². The molecule has 24 heavy (non-hydrogen) atoms. The molecule has 0 radical (unpaired) electrons. The molecule has 1 aromatic rings. The summed E-state index contributed by atoms with van der Waals surface area (Å²) in [4.78, 5) is 23.4. The van der Waals surface area contributed by atoms with Crippen LogP contribution in [0.2, 0.25) is 0 Å². The molecule has 0 heterocycles. The van der Waals surface area contributed by atoms with Crippen molar-refractivity contribution in [3.8, 4) is 0 Å². The summed E-state index contributed by atoms with van der Waals surface area (Å²) >= 11 is 5.31. The smallest absolute Gasteiger partial charge is 0.305 e. The van der Waals surface area contributed by atoms with Gasteiger partial charge >= 0.3 is 12.1 Å². The number of hydrogen-bond acceptors (Lipinski definition) is 2. The van der Waals surface area contributed by atoms with E-state index in [0.29, 0.717) is 11.3 Å². The number of rotatable bonds is 9. The number of alkyl halides is 3. The van der Waals surface area contributed by atoms with Crippen LogP contribution in [0, 0.1) is 0 Å². The van der Waals surface area contributed by atoms with Gasteiger partial charge in [-0.3, -0.25) is 9.59 Å². The third-order valence-corrected chi connectivity index (χ3v) is 3.85. The number of anilines is 1. The Bertz CT molecular complexity index is 544. The van der Waals surface area contributed by atoms with Crippen molar-refractivity contribution in [2.24, 2.45) is 0 Å². The van der Waals surface area contributed by atoms with E-state index in [1.54, 1.807) is 0 Å². The van der Waals surface area contributed by atoms with Crippen LogP contribution < -0.4 is 4.90 Å². The lowest BCUT2D eigenvalue weighted by Gasteiger charge is -2.24. The molecular weight excluding hydrogens is 343 g/mol. The number of carbonyl (C=O) groups excluding carboxylic acids is 2. The van der Waals surface area contributed by atoms with Gasteiger partial charge in [0.05, 0.1) is 0 Å². The van der Waals surface area contributed by atoms with E-state index in [4.69, 9.17) is 11.6 Å². The van der Waals surface area contributed by atoms with Crippen molar-refractivity contribution in [3.05, 3.63) is 29.8 Å². The molecular formula is C17H21ClF3NO2. The first kappa shape index (κ1) is 20.5. The number of hydrogen-bond donors (Lipinski definition) is 0.